The lowest BCUT2D eigenvalue weighted by atomic mass is 9.99. The highest BCUT2D eigenvalue weighted by molar-refractivity contribution is 6.02. The first-order chi connectivity index (χ1) is 24.4. The second-order valence-electron chi connectivity index (χ2n) is 12.9. The lowest BCUT2D eigenvalue weighted by molar-refractivity contribution is 0.0316. The number of H-pyrrole nitrogens is 1. The number of fused-ring (bicyclic) bond motifs is 2. The molecule has 0 amide bonds. The summed E-state index contributed by atoms with van der Waals surface area (Å²) in [5.41, 5.74) is 0.248. The van der Waals surface area contributed by atoms with Crippen LogP contribution in [0.4, 0.5) is 8.78 Å². The Balaban J connectivity index is 1.25. The van der Waals surface area contributed by atoms with Crippen molar-refractivity contribution in [2.24, 2.45) is 0 Å². The van der Waals surface area contributed by atoms with E-state index in [0.29, 0.717) is 23.1 Å². The van der Waals surface area contributed by atoms with Crippen LogP contribution in [0.5, 0.6) is 17.5 Å². The van der Waals surface area contributed by atoms with Gasteiger partial charge >= 0.3 is 0 Å². The van der Waals surface area contributed by atoms with Gasteiger partial charge in [0.05, 0.1) is 18.1 Å². The number of benzene rings is 3. The molecule has 262 valence electrons. The molecule has 7 rings (SSSR count). The van der Waals surface area contributed by atoms with Crippen LogP contribution in [0.2, 0.25) is 0 Å². The van der Waals surface area contributed by atoms with E-state index in [1.807, 2.05) is 37.4 Å². The van der Waals surface area contributed by atoms with Crippen LogP contribution < -0.4 is 25.1 Å². The zero-order valence-corrected chi connectivity index (χ0v) is 28.1. The van der Waals surface area contributed by atoms with Crippen LogP contribution in [-0.2, 0) is 11.3 Å². The predicted octanol–water partition coefficient (Wildman–Crippen LogP) is 6.01. The van der Waals surface area contributed by atoms with Gasteiger partial charge in [-0.05, 0) is 81.4 Å². The number of likely N-dealkylation sites (tertiary alicyclic amines) is 1. The van der Waals surface area contributed by atoms with Crippen LogP contribution in [0, 0.1) is 11.6 Å². The molecule has 2 aromatic heterocycles. The Bertz CT molecular complexity index is 2000. The first-order valence-corrected chi connectivity index (χ1v) is 17.2. The molecule has 2 fully saturated rings. The van der Waals surface area contributed by atoms with Crippen LogP contribution in [-0.4, -0.2) is 78.5 Å². The molecule has 0 bridgehead atoms. The number of aromatic nitrogens is 3. The number of likely N-dealkylation sites (N-methyl/N-ethyl adjacent to an activating group) is 1. The molecule has 0 radical (unpaired) electrons. The molecular weight excluding hydrogens is 644 g/mol. The summed E-state index contributed by atoms with van der Waals surface area (Å²) in [6.07, 6.45) is 6.45. The molecule has 0 saturated carbocycles. The molecule has 0 spiro atoms. The Hall–Kier alpha value is -4.65. The first kappa shape index (κ1) is 33.8. The minimum absolute atomic E-state index is 0.0369. The maximum Gasteiger partial charge on any atom is 0.297 e. The SMILES string of the molecule is CN1CCC[C@@H]1COc1nc2c(F)c(-c3cc(OCc4ccccc4)cc4ccc(F)c(OCCO[C@@H]5CCCCNC5)c34)ncc2c(=O)[nH]1. The maximum absolute atomic E-state index is 16.7. The number of halogens is 2. The van der Waals surface area contributed by atoms with Crippen molar-refractivity contribution in [3.63, 3.8) is 0 Å². The van der Waals surface area contributed by atoms with Gasteiger partial charge in [-0.3, -0.25) is 14.8 Å². The van der Waals surface area contributed by atoms with Crippen molar-refractivity contribution in [1.82, 2.24) is 25.2 Å². The summed E-state index contributed by atoms with van der Waals surface area (Å²) in [5, 5.41) is 4.20. The van der Waals surface area contributed by atoms with E-state index in [4.69, 9.17) is 18.9 Å². The van der Waals surface area contributed by atoms with Crippen LogP contribution >= 0.6 is 0 Å². The van der Waals surface area contributed by atoms with E-state index in [0.717, 1.165) is 57.3 Å². The molecular formula is C38H41F2N5O5. The minimum atomic E-state index is -0.850. The maximum atomic E-state index is 16.7. The summed E-state index contributed by atoms with van der Waals surface area (Å²) in [6.45, 7) is 3.57. The van der Waals surface area contributed by atoms with Crippen molar-refractivity contribution in [1.29, 1.82) is 0 Å². The van der Waals surface area contributed by atoms with Gasteiger partial charge in [0.2, 0.25) is 0 Å². The van der Waals surface area contributed by atoms with Crippen molar-refractivity contribution in [2.75, 3.05) is 46.5 Å². The lowest BCUT2D eigenvalue weighted by Gasteiger charge is -2.19. The van der Waals surface area contributed by atoms with E-state index < -0.39 is 17.2 Å². The molecule has 12 heteroatoms. The summed E-state index contributed by atoms with van der Waals surface area (Å²) in [7, 11) is 2.01. The molecule has 0 unspecified atom stereocenters. The van der Waals surface area contributed by atoms with E-state index in [1.165, 1.54) is 12.3 Å². The normalized spacial score (nSPS) is 18.4. The fraction of sp³-hybridized carbons (Fsp3) is 0.395. The monoisotopic (exact) mass is 685 g/mol. The summed E-state index contributed by atoms with van der Waals surface area (Å²) in [5.74, 6) is -1.10. The van der Waals surface area contributed by atoms with Gasteiger partial charge in [0.15, 0.2) is 17.4 Å². The number of ether oxygens (including phenoxy) is 4. The lowest BCUT2D eigenvalue weighted by Crippen LogP contribution is -2.31. The largest absolute Gasteiger partial charge is 0.489 e. The smallest absolute Gasteiger partial charge is 0.297 e. The fourth-order valence-corrected chi connectivity index (χ4v) is 6.69. The van der Waals surface area contributed by atoms with Gasteiger partial charge in [0.1, 0.15) is 36.8 Å². The van der Waals surface area contributed by atoms with Crippen molar-refractivity contribution in [3.8, 4) is 28.8 Å². The molecule has 4 heterocycles. The van der Waals surface area contributed by atoms with E-state index in [-0.39, 0.29) is 65.9 Å². The number of rotatable bonds is 12. The Labute approximate surface area is 288 Å². The average molecular weight is 686 g/mol. The summed E-state index contributed by atoms with van der Waals surface area (Å²) >= 11 is 0. The Kier molecular flexibility index (Phi) is 10.5. The van der Waals surface area contributed by atoms with Crippen molar-refractivity contribution >= 4 is 21.7 Å². The summed E-state index contributed by atoms with van der Waals surface area (Å²) < 4.78 is 56.4. The van der Waals surface area contributed by atoms with Crippen LogP contribution in [0.25, 0.3) is 32.9 Å². The Morgan fingerprint density at radius 2 is 1.86 bits per heavy atom. The molecule has 10 nitrogen and oxygen atoms in total. The van der Waals surface area contributed by atoms with Crippen LogP contribution in [0.3, 0.4) is 0 Å². The Morgan fingerprint density at radius 3 is 2.70 bits per heavy atom. The van der Waals surface area contributed by atoms with E-state index >= 15 is 8.78 Å². The Morgan fingerprint density at radius 1 is 0.980 bits per heavy atom. The minimum Gasteiger partial charge on any atom is -0.489 e. The van der Waals surface area contributed by atoms with E-state index in [1.54, 1.807) is 18.2 Å². The molecule has 2 atom stereocenters. The van der Waals surface area contributed by atoms with Crippen LogP contribution in [0.15, 0.2) is 65.6 Å². The van der Waals surface area contributed by atoms with Gasteiger partial charge in [-0.15, -0.1) is 0 Å². The second kappa shape index (κ2) is 15.5. The van der Waals surface area contributed by atoms with Gasteiger partial charge in [0, 0.05) is 29.7 Å². The highest BCUT2D eigenvalue weighted by atomic mass is 19.1. The number of nitrogens with one attached hydrogen (secondary N) is 2. The van der Waals surface area contributed by atoms with Gasteiger partial charge in [-0.2, -0.15) is 4.98 Å². The molecule has 50 heavy (non-hydrogen) atoms. The van der Waals surface area contributed by atoms with Gasteiger partial charge in [-0.1, -0.05) is 36.4 Å². The number of nitrogens with zero attached hydrogens (tertiary/aromatic N) is 3. The quantitative estimate of drug-likeness (QED) is 0.153. The highest BCUT2D eigenvalue weighted by Crippen LogP contribution is 2.41. The highest BCUT2D eigenvalue weighted by Gasteiger charge is 2.24. The van der Waals surface area contributed by atoms with E-state index in [9.17, 15) is 4.79 Å². The van der Waals surface area contributed by atoms with Gasteiger partial charge < -0.3 is 29.2 Å². The molecule has 0 aliphatic carbocycles. The topological polar surface area (TPSA) is 111 Å². The number of aromatic amines is 1. The predicted molar refractivity (Wildman–Crippen MR) is 187 cm³/mol. The number of hydrogen-bond acceptors (Lipinski definition) is 9. The summed E-state index contributed by atoms with van der Waals surface area (Å²) in [6, 6.07) is 16.0. The molecule has 3 aromatic carbocycles. The number of hydrogen-bond donors (Lipinski definition) is 2. The fourth-order valence-electron chi connectivity index (χ4n) is 6.69. The van der Waals surface area contributed by atoms with Gasteiger partial charge in [-0.25, -0.2) is 8.78 Å². The average Bonchev–Trinajstić information content (AvgIpc) is 3.36. The molecule has 2 aliphatic rings. The summed E-state index contributed by atoms with van der Waals surface area (Å²) in [4.78, 5) is 26.6. The van der Waals surface area contributed by atoms with Crippen molar-refractivity contribution in [2.45, 2.75) is 50.9 Å². The third-order valence-corrected chi connectivity index (χ3v) is 9.44. The molecule has 5 aromatic rings. The standard InChI is InChI=1S/C38H41F2N5O5/c1-45-15-7-10-26(45)23-50-38-43-35-30(37(46)44-38)21-42-34(33(35)40)29-19-28(49-22-24-8-3-2-4-9-24)18-25-12-13-31(39)36(32(25)29)48-17-16-47-27-11-5-6-14-41-20-27/h2-4,8-9,12-13,18-19,21,26-27,41H,5-7,10-11,14-17,20,22-23H2,1H3,(H,43,44,46)/t26-,27-/m1/s1. The first-order valence-electron chi connectivity index (χ1n) is 17.2. The van der Waals surface area contributed by atoms with Crippen LogP contribution in [0.1, 0.15) is 37.7 Å². The van der Waals surface area contributed by atoms with Gasteiger partial charge in [0.25, 0.3) is 11.6 Å². The zero-order valence-electron chi connectivity index (χ0n) is 28.1. The van der Waals surface area contributed by atoms with Crippen molar-refractivity contribution < 1.29 is 27.7 Å². The molecule has 2 saturated heterocycles. The second-order valence-corrected chi connectivity index (χ2v) is 12.9. The van der Waals surface area contributed by atoms with Crippen molar-refractivity contribution in [3.05, 3.63) is 88.3 Å². The molecule has 2 N–H and O–H groups in total. The molecule has 2 aliphatic heterocycles. The number of pyridine rings is 1. The third-order valence-electron chi connectivity index (χ3n) is 9.44. The zero-order chi connectivity index (χ0) is 34.5. The third kappa shape index (κ3) is 7.57. The van der Waals surface area contributed by atoms with E-state index in [2.05, 4.69) is 25.2 Å².